The van der Waals surface area contributed by atoms with Crippen molar-refractivity contribution in [2.45, 2.75) is 18.9 Å². The average Bonchev–Trinajstić information content (AvgIpc) is 2.56. The second kappa shape index (κ2) is 9.67. The van der Waals surface area contributed by atoms with Gasteiger partial charge < -0.3 is 15.5 Å². The number of carbonyl (C=O) groups excluding carboxylic acids is 1. The lowest BCUT2D eigenvalue weighted by molar-refractivity contribution is 0.232. The Morgan fingerprint density at radius 1 is 1.12 bits per heavy atom. The highest BCUT2D eigenvalue weighted by Gasteiger charge is 2.13. The molecule has 0 aliphatic rings. The first-order chi connectivity index (χ1) is 11.6. The van der Waals surface area contributed by atoms with E-state index in [1.54, 1.807) is 6.20 Å². The molecule has 0 aliphatic carbocycles. The molecular weight excluding hydrogens is 300 g/mol. The van der Waals surface area contributed by atoms with Crippen LogP contribution in [0.4, 0.5) is 4.79 Å². The van der Waals surface area contributed by atoms with Gasteiger partial charge in [-0.15, -0.1) is 0 Å². The minimum Gasteiger partial charge on any atom is -0.338 e. The molecule has 2 aromatic rings. The molecule has 1 aromatic carbocycles. The van der Waals surface area contributed by atoms with E-state index in [-0.39, 0.29) is 12.1 Å². The van der Waals surface area contributed by atoms with Gasteiger partial charge in [0.15, 0.2) is 0 Å². The first-order valence-corrected chi connectivity index (χ1v) is 8.26. The fraction of sp³-hybridized carbons (Fsp3) is 0.368. The van der Waals surface area contributed by atoms with E-state index < -0.39 is 0 Å². The second-order valence-corrected chi connectivity index (χ2v) is 6.12. The van der Waals surface area contributed by atoms with E-state index >= 15 is 0 Å². The zero-order valence-corrected chi connectivity index (χ0v) is 14.4. The van der Waals surface area contributed by atoms with Crippen LogP contribution >= 0.6 is 0 Å². The van der Waals surface area contributed by atoms with Crippen LogP contribution in [0.1, 0.15) is 11.3 Å². The van der Waals surface area contributed by atoms with Crippen molar-refractivity contribution in [3.8, 4) is 0 Å². The number of rotatable bonds is 8. The Bertz CT molecular complexity index is 601. The van der Waals surface area contributed by atoms with Crippen LogP contribution in [-0.2, 0) is 12.8 Å². The number of amides is 2. The number of nitrogens with zero attached hydrogens (tertiary/aromatic N) is 2. The van der Waals surface area contributed by atoms with Gasteiger partial charge in [0.05, 0.1) is 0 Å². The van der Waals surface area contributed by atoms with Crippen molar-refractivity contribution in [1.29, 1.82) is 0 Å². The van der Waals surface area contributed by atoms with Gasteiger partial charge in [-0.1, -0.05) is 36.4 Å². The molecule has 5 nitrogen and oxygen atoms in total. The quantitative estimate of drug-likeness (QED) is 0.781. The summed E-state index contributed by atoms with van der Waals surface area (Å²) in [5.41, 5.74) is 2.20. The lowest BCUT2D eigenvalue weighted by Crippen LogP contribution is -2.47. The SMILES string of the molecule is CN(C)C[C@H](Cc1ccccc1)NC(=O)NCCc1ccccn1. The van der Waals surface area contributed by atoms with Crippen LogP contribution in [0.15, 0.2) is 54.7 Å². The van der Waals surface area contributed by atoms with Gasteiger partial charge in [-0.25, -0.2) is 4.79 Å². The fourth-order valence-corrected chi connectivity index (χ4v) is 2.59. The Hall–Kier alpha value is -2.40. The molecule has 1 aromatic heterocycles. The molecule has 0 unspecified atom stereocenters. The molecule has 24 heavy (non-hydrogen) atoms. The molecule has 2 rings (SSSR count). The highest BCUT2D eigenvalue weighted by atomic mass is 16.2. The third-order valence-corrected chi connectivity index (χ3v) is 3.64. The molecule has 0 aliphatic heterocycles. The standard InChI is InChI=1S/C19H26N4O/c1-23(2)15-18(14-16-8-4-3-5-9-16)22-19(24)21-13-11-17-10-6-7-12-20-17/h3-10,12,18H,11,13-15H2,1-2H3,(H2,21,22,24)/t18-/m0/s1. The van der Waals surface area contributed by atoms with Gasteiger partial charge in [-0.05, 0) is 38.2 Å². The van der Waals surface area contributed by atoms with Crippen LogP contribution in [-0.4, -0.2) is 49.1 Å². The Kier molecular flexibility index (Phi) is 7.23. The van der Waals surface area contributed by atoms with Crippen molar-refractivity contribution in [1.82, 2.24) is 20.5 Å². The summed E-state index contributed by atoms with van der Waals surface area (Å²) in [6.07, 6.45) is 3.31. The Balaban J connectivity index is 1.80. The van der Waals surface area contributed by atoms with Crippen LogP contribution in [0.3, 0.4) is 0 Å². The molecule has 128 valence electrons. The van der Waals surface area contributed by atoms with E-state index in [0.717, 1.165) is 25.1 Å². The van der Waals surface area contributed by atoms with Gasteiger partial charge in [0, 0.05) is 37.4 Å². The number of hydrogen-bond acceptors (Lipinski definition) is 3. The lowest BCUT2D eigenvalue weighted by atomic mass is 10.1. The van der Waals surface area contributed by atoms with Crippen molar-refractivity contribution >= 4 is 6.03 Å². The minimum absolute atomic E-state index is 0.0669. The molecule has 1 heterocycles. The molecule has 5 heteroatoms. The predicted molar refractivity (Wildman–Crippen MR) is 97.0 cm³/mol. The predicted octanol–water partition coefficient (Wildman–Crippen LogP) is 2.10. The summed E-state index contributed by atoms with van der Waals surface area (Å²) in [6.45, 7) is 1.37. The lowest BCUT2D eigenvalue weighted by Gasteiger charge is -2.22. The molecule has 0 radical (unpaired) electrons. The summed E-state index contributed by atoms with van der Waals surface area (Å²) >= 11 is 0. The molecule has 0 bridgehead atoms. The largest absolute Gasteiger partial charge is 0.338 e. The zero-order valence-electron chi connectivity index (χ0n) is 14.4. The maximum atomic E-state index is 12.2. The summed E-state index contributed by atoms with van der Waals surface area (Å²) in [6, 6.07) is 16.0. The van der Waals surface area contributed by atoms with Gasteiger partial charge in [-0.3, -0.25) is 4.98 Å². The third-order valence-electron chi connectivity index (χ3n) is 3.64. The highest BCUT2D eigenvalue weighted by molar-refractivity contribution is 5.74. The summed E-state index contributed by atoms with van der Waals surface area (Å²) in [4.78, 5) is 18.5. The number of aromatic nitrogens is 1. The molecule has 0 saturated heterocycles. The van der Waals surface area contributed by atoms with Crippen LogP contribution in [0.2, 0.25) is 0 Å². The second-order valence-electron chi connectivity index (χ2n) is 6.12. The molecule has 2 amide bonds. The Labute approximate surface area is 144 Å². The Morgan fingerprint density at radius 3 is 2.54 bits per heavy atom. The maximum Gasteiger partial charge on any atom is 0.315 e. The molecule has 0 fully saturated rings. The normalized spacial score (nSPS) is 12.0. The minimum atomic E-state index is -0.131. The van der Waals surface area contributed by atoms with Crippen molar-refractivity contribution in [2.75, 3.05) is 27.2 Å². The monoisotopic (exact) mass is 326 g/mol. The summed E-state index contributed by atoms with van der Waals surface area (Å²) < 4.78 is 0. The fourth-order valence-electron chi connectivity index (χ4n) is 2.59. The van der Waals surface area contributed by atoms with Gasteiger partial charge >= 0.3 is 6.03 Å². The van der Waals surface area contributed by atoms with Crippen LogP contribution in [0, 0.1) is 0 Å². The third kappa shape index (κ3) is 6.79. The molecule has 0 saturated carbocycles. The first-order valence-electron chi connectivity index (χ1n) is 8.26. The van der Waals surface area contributed by atoms with Crippen molar-refractivity contribution < 1.29 is 4.79 Å². The van der Waals surface area contributed by atoms with E-state index in [9.17, 15) is 4.79 Å². The number of benzene rings is 1. The van der Waals surface area contributed by atoms with E-state index in [4.69, 9.17) is 0 Å². The van der Waals surface area contributed by atoms with Gasteiger partial charge in [0.25, 0.3) is 0 Å². The van der Waals surface area contributed by atoms with E-state index in [1.807, 2.05) is 50.5 Å². The topological polar surface area (TPSA) is 57.3 Å². The molecule has 0 spiro atoms. The molecular formula is C19H26N4O. The summed E-state index contributed by atoms with van der Waals surface area (Å²) in [7, 11) is 4.03. The van der Waals surface area contributed by atoms with Crippen LogP contribution in [0.5, 0.6) is 0 Å². The molecule has 1 atom stereocenters. The smallest absolute Gasteiger partial charge is 0.315 e. The zero-order chi connectivity index (χ0) is 17.2. The van der Waals surface area contributed by atoms with Gasteiger partial charge in [0.2, 0.25) is 0 Å². The number of urea groups is 1. The van der Waals surface area contributed by atoms with Crippen molar-refractivity contribution in [2.24, 2.45) is 0 Å². The highest BCUT2D eigenvalue weighted by Crippen LogP contribution is 2.04. The maximum absolute atomic E-state index is 12.2. The number of carbonyl (C=O) groups is 1. The summed E-state index contributed by atoms with van der Waals surface area (Å²) in [5, 5.41) is 5.98. The summed E-state index contributed by atoms with van der Waals surface area (Å²) in [5.74, 6) is 0. The Morgan fingerprint density at radius 2 is 1.88 bits per heavy atom. The van der Waals surface area contributed by atoms with E-state index in [0.29, 0.717) is 6.54 Å². The van der Waals surface area contributed by atoms with E-state index in [1.165, 1.54) is 5.56 Å². The van der Waals surface area contributed by atoms with Crippen LogP contribution < -0.4 is 10.6 Å². The molecule has 2 N–H and O–H groups in total. The number of pyridine rings is 1. The van der Waals surface area contributed by atoms with Crippen molar-refractivity contribution in [3.05, 3.63) is 66.0 Å². The van der Waals surface area contributed by atoms with Gasteiger partial charge in [-0.2, -0.15) is 0 Å². The number of likely N-dealkylation sites (N-methyl/N-ethyl adjacent to an activating group) is 1. The first kappa shape index (κ1) is 17.9. The van der Waals surface area contributed by atoms with Crippen LogP contribution in [0.25, 0.3) is 0 Å². The van der Waals surface area contributed by atoms with E-state index in [2.05, 4.69) is 32.7 Å². The van der Waals surface area contributed by atoms with Crippen molar-refractivity contribution in [3.63, 3.8) is 0 Å². The average molecular weight is 326 g/mol. The number of hydrogen-bond donors (Lipinski definition) is 2. The van der Waals surface area contributed by atoms with Gasteiger partial charge in [0.1, 0.15) is 0 Å². The number of nitrogens with one attached hydrogen (secondary N) is 2.